The number of anilines is 1. The molecule has 4 aromatic heterocycles. The van der Waals surface area contributed by atoms with E-state index in [9.17, 15) is 4.79 Å². The maximum atomic E-state index is 12.0. The molecule has 0 aliphatic heterocycles. The van der Waals surface area contributed by atoms with E-state index in [1.165, 1.54) is 6.08 Å². The van der Waals surface area contributed by atoms with Gasteiger partial charge in [0.2, 0.25) is 5.91 Å². The van der Waals surface area contributed by atoms with Gasteiger partial charge in [-0.15, -0.1) is 0 Å². The second kappa shape index (κ2) is 8.15. The van der Waals surface area contributed by atoms with E-state index >= 15 is 0 Å². The number of benzene rings is 1. The normalized spacial score (nSPS) is 11.2. The number of carbonyl (C=O) groups is 1. The molecule has 4 heterocycles. The Hall–Kier alpha value is -4.46. The standard InChI is InChI=1S/C26H25N7O/c1-6-22(34)29-21-11-17(8-7-15(21)2)24-23-16(3)19(20-9-10-32(4)31-20)13-27-26(23)30-25(24)18-12-28-33(5)14-18/h6-14H,1H2,2-5H3,(H,27,30)(H,29,34). The van der Waals surface area contributed by atoms with Crippen LogP contribution in [0, 0.1) is 13.8 Å². The van der Waals surface area contributed by atoms with Gasteiger partial charge in [-0.25, -0.2) is 4.98 Å². The molecule has 1 aromatic carbocycles. The molecule has 0 fully saturated rings. The van der Waals surface area contributed by atoms with Gasteiger partial charge in [0, 0.05) is 60.4 Å². The van der Waals surface area contributed by atoms with E-state index in [1.54, 1.807) is 9.36 Å². The van der Waals surface area contributed by atoms with Crippen LogP contribution in [0.3, 0.4) is 0 Å². The summed E-state index contributed by atoms with van der Waals surface area (Å²) in [6.07, 6.45) is 8.85. The fraction of sp³-hybridized carbons (Fsp3) is 0.154. The van der Waals surface area contributed by atoms with Crippen LogP contribution in [0.2, 0.25) is 0 Å². The van der Waals surface area contributed by atoms with Crippen molar-refractivity contribution >= 4 is 22.6 Å². The van der Waals surface area contributed by atoms with Crippen LogP contribution >= 0.6 is 0 Å². The number of carbonyl (C=O) groups excluding carboxylic acids is 1. The number of H-pyrrole nitrogens is 1. The van der Waals surface area contributed by atoms with Crippen molar-refractivity contribution in [3.8, 4) is 33.6 Å². The average Bonchev–Trinajstić information content (AvgIpc) is 3.54. The van der Waals surface area contributed by atoms with Gasteiger partial charge in [-0.05, 0) is 48.7 Å². The number of aryl methyl sites for hydroxylation is 4. The third-order valence-corrected chi connectivity index (χ3v) is 6.03. The molecule has 0 bridgehead atoms. The molecule has 0 spiro atoms. The lowest BCUT2D eigenvalue weighted by Crippen LogP contribution is -2.08. The zero-order chi connectivity index (χ0) is 24.0. The van der Waals surface area contributed by atoms with Crippen molar-refractivity contribution in [3.05, 3.63) is 72.8 Å². The van der Waals surface area contributed by atoms with Crippen LogP contribution in [-0.4, -0.2) is 35.4 Å². The zero-order valence-corrected chi connectivity index (χ0v) is 19.5. The minimum absolute atomic E-state index is 0.248. The van der Waals surface area contributed by atoms with E-state index in [4.69, 9.17) is 4.98 Å². The lowest BCUT2D eigenvalue weighted by molar-refractivity contribution is -0.111. The summed E-state index contributed by atoms with van der Waals surface area (Å²) in [7, 11) is 3.79. The van der Waals surface area contributed by atoms with Gasteiger partial charge in [0.15, 0.2) is 0 Å². The molecule has 8 heteroatoms. The Labute approximate surface area is 197 Å². The molecule has 0 saturated heterocycles. The van der Waals surface area contributed by atoms with Gasteiger partial charge in [-0.3, -0.25) is 14.2 Å². The highest BCUT2D eigenvalue weighted by Gasteiger charge is 2.21. The third kappa shape index (κ3) is 3.59. The van der Waals surface area contributed by atoms with Gasteiger partial charge in [0.25, 0.3) is 0 Å². The number of hydrogen-bond donors (Lipinski definition) is 2. The van der Waals surface area contributed by atoms with Crippen molar-refractivity contribution in [2.45, 2.75) is 13.8 Å². The predicted molar refractivity (Wildman–Crippen MR) is 134 cm³/mol. The number of hydrogen-bond acceptors (Lipinski definition) is 4. The van der Waals surface area contributed by atoms with E-state index in [0.29, 0.717) is 0 Å². The van der Waals surface area contributed by atoms with Crippen molar-refractivity contribution in [1.29, 1.82) is 0 Å². The van der Waals surface area contributed by atoms with E-state index in [1.807, 2.05) is 64.0 Å². The molecular formula is C26H25N7O. The Morgan fingerprint density at radius 3 is 2.62 bits per heavy atom. The number of aromatic nitrogens is 6. The molecule has 0 aliphatic rings. The molecule has 5 aromatic rings. The largest absolute Gasteiger partial charge is 0.339 e. The topological polar surface area (TPSA) is 93.4 Å². The molecule has 0 unspecified atom stereocenters. The maximum Gasteiger partial charge on any atom is 0.247 e. The number of fused-ring (bicyclic) bond motifs is 1. The van der Waals surface area contributed by atoms with Crippen LogP contribution in [-0.2, 0) is 18.9 Å². The highest BCUT2D eigenvalue weighted by molar-refractivity contribution is 6.07. The number of rotatable bonds is 5. The number of pyridine rings is 1. The van der Waals surface area contributed by atoms with Gasteiger partial charge >= 0.3 is 0 Å². The molecule has 5 rings (SSSR count). The summed E-state index contributed by atoms with van der Waals surface area (Å²) in [5, 5.41) is 12.9. The highest BCUT2D eigenvalue weighted by atomic mass is 16.1. The summed E-state index contributed by atoms with van der Waals surface area (Å²) in [6, 6.07) is 8.05. The number of nitrogens with zero attached hydrogens (tertiary/aromatic N) is 5. The van der Waals surface area contributed by atoms with Crippen LogP contribution in [0.1, 0.15) is 11.1 Å². The lowest BCUT2D eigenvalue weighted by atomic mass is 9.94. The smallest absolute Gasteiger partial charge is 0.247 e. The Bertz CT molecular complexity index is 1570. The quantitative estimate of drug-likeness (QED) is 0.376. The van der Waals surface area contributed by atoms with Crippen molar-refractivity contribution in [2.75, 3.05) is 5.32 Å². The Morgan fingerprint density at radius 2 is 1.94 bits per heavy atom. The monoisotopic (exact) mass is 451 g/mol. The lowest BCUT2D eigenvalue weighted by Gasteiger charge is -2.12. The molecule has 2 N–H and O–H groups in total. The highest BCUT2D eigenvalue weighted by Crippen LogP contribution is 2.42. The van der Waals surface area contributed by atoms with Crippen molar-refractivity contribution in [3.63, 3.8) is 0 Å². The number of amides is 1. The van der Waals surface area contributed by atoms with Crippen molar-refractivity contribution < 1.29 is 4.79 Å². The van der Waals surface area contributed by atoms with Gasteiger partial charge in [0.1, 0.15) is 5.65 Å². The van der Waals surface area contributed by atoms with Crippen LogP contribution in [0.25, 0.3) is 44.7 Å². The molecule has 170 valence electrons. The molecule has 34 heavy (non-hydrogen) atoms. The SMILES string of the molecule is C=CC(=O)Nc1cc(-c2c(-c3cnn(C)c3)[nH]c3ncc(-c4ccn(C)n4)c(C)c23)ccc1C. The first-order valence-electron chi connectivity index (χ1n) is 10.9. The minimum Gasteiger partial charge on any atom is -0.339 e. The first kappa shape index (κ1) is 21.4. The summed E-state index contributed by atoms with van der Waals surface area (Å²) in [4.78, 5) is 20.3. The molecule has 0 atom stereocenters. The van der Waals surface area contributed by atoms with Crippen LogP contribution in [0.5, 0.6) is 0 Å². The first-order chi connectivity index (χ1) is 16.4. The van der Waals surface area contributed by atoms with Crippen LogP contribution < -0.4 is 5.32 Å². The summed E-state index contributed by atoms with van der Waals surface area (Å²) in [5.74, 6) is -0.248. The van der Waals surface area contributed by atoms with Gasteiger partial charge < -0.3 is 10.3 Å². The van der Waals surface area contributed by atoms with Gasteiger partial charge in [-0.1, -0.05) is 18.7 Å². The Morgan fingerprint density at radius 1 is 1.12 bits per heavy atom. The second-order valence-electron chi connectivity index (χ2n) is 8.40. The van der Waals surface area contributed by atoms with E-state index in [0.717, 1.165) is 61.5 Å². The molecular weight excluding hydrogens is 426 g/mol. The Balaban J connectivity index is 1.80. The fourth-order valence-electron chi connectivity index (χ4n) is 4.28. The third-order valence-electron chi connectivity index (χ3n) is 6.03. The minimum atomic E-state index is -0.248. The number of aromatic amines is 1. The van der Waals surface area contributed by atoms with E-state index < -0.39 is 0 Å². The maximum absolute atomic E-state index is 12.0. The molecule has 0 saturated carbocycles. The van der Waals surface area contributed by atoms with E-state index in [2.05, 4.69) is 40.1 Å². The summed E-state index contributed by atoms with van der Waals surface area (Å²) >= 11 is 0. The predicted octanol–water partition coefficient (Wildman–Crippen LogP) is 4.77. The summed E-state index contributed by atoms with van der Waals surface area (Å²) < 4.78 is 3.56. The average molecular weight is 452 g/mol. The van der Waals surface area contributed by atoms with Crippen LogP contribution in [0.15, 0.2) is 61.7 Å². The Kier molecular flexibility index (Phi) is 5.13. The second-order valence-corrected chi connectivity index (χ2v) is 8.40. The molecule has 0 aliphatic carbocycles. The first-order valence-corrected chi connectivity index (χ1v) is 10.9. The number of nitrogens with one attached hydrogen (secondary N) is 2. The van der Waals surface area contributed by atoms with E-state index in [-0.39, 0.29) is 5.91 Å². The zero-order valence-electron chi connectivity index (χ0n) is 19.5. The molecule has 1 amide bonds. The van der Waals surface area contributed by atoms with Crippen molar-refractivity contribution in [1.82, 2.24) is 29.5 Å². The molecule has 0 radical (unpaired) electrons. The summed E-state index contributed by atoms with van der Waals surface area (Å²) in [6.45, 7) is 7.62. The van der Waals surface area contributed by atoms with Gasteiger partial charge in [-0.2, -0.15) is 10.2 Å². The van der Waals surface area contributed by atoms with Crippen LogP contribution in [0.4, 0.5) is 5.69 Å². The summed E-state index contributed by atoms with van der Waals surface area (Å²) in [5.41, 5.74) is 9.22. The molecule has 8 nitrogen and oxygen atoms in total. The van der Waals surface area contributed by atoms with Crippen molar-refractivity contribution in [2.24, 2.45) is 14.1 Å². The van der Waals surface area contributed by atoms with Gasteiger partial charge in [0.05, 0.1) is 17.6 Å². The fourth-order valence-corrected chi connectivity index (χ4v) is 4.28.